The number of hydrogen-bond acceptors (Lipinski definition) is 6. The van der Waals surface area contributed by atoms with E-state index < -0.39 is 6.10 Å². The van der Waals surface area contributed by atoms with Gasteiger partial charge in [0.1, 0.15) is 11.6 Å². The van der Waals surface area contributed by atoms with E-state index in [-0.39, 0.29) is 18.5 Å². The van der Waals surface area contributed by atoms with Gasteiger partial charge >= 0.3 is 0 Å². The summed E-state index contributed by atoms with van der Waals surface area (Å²) in [4.78, 5) is 2.18. The highest BCUT2D eigenvalue weighted by molar-refractivity contribution is 5.43. The lowest BCUT2D eigenvalue weighted by Crippen LogP contribution is -2.39. The largest absolute Gasteiger partial charge is 0.439 e. The maximum atomic E-state index is 13.6. The molecule has 3 aromatic rings. The molecule has 0 spiro atoms. The number of ether oxygens (including phenoxy) is 3. The molecule has 0 unspecified atom stereocenters. The number of aliphatic hydroxyl groups is 1. The van der Waals surface area contributed by atoms with E-state index in [1.54, 1.807) is 22.9 Å². The van der Waals surface area contributed by atoms with E-state index >= 15 is 0 Å². The minimum atomic E-state index is -0.669. The van der Waals surface area contributed by atoms with Crippen molar-refractivity contribution in [3.63, 3.8) is 0 Å². The van der Waals surface area contributed by atoms with Crippen LogP contribution >= 0.6 is 0 Å². The van der Waals surface area contributed by atoms with Gasteiger partial charge in [0.15, 0.2) is 0 Å². The molecule has 1 N–H and O–H groups in total. The van der Waals surface area contributed by atoms with Crippen LogP contribution in [0.5, 0.6) is 11.6 Å². The lowest BCUT2D eigenvalue weighted by atomic mass is 10.1. The highest BCUT2D eigenvalue weighted by atomic mass is 19.1. The monoisotopic (exact) mass is 509 g/mol. The van der Waals surface area contributed by atoms with E-state index in [4.69, 9.17) is 19.3 Å². The third kappa shape index (κ3) is 7.49. The zero-order valence-electron chi connectivity index (χ0n) is 21.4. The zero-order chi connectivity index (χ0) is 26.0. The van der Waals surface area contributed by atoms with E-state index in [0.29, 0.717) is 44.3 Å². The maximum absolute atomic E-state index is 13.6. The molecule has 1 aliphatic heterocycles. The smallest absolute Gasteiger partial charge is 0.227 e. The highest BCUT2D eigenvalue weighted by Gasteiger charge is 2.26. The first-order valence-corrected chi connectivity index (χ1v) is 12.9. The second-order valence-electron chi connectivity index (χ2n) is 9.20. The lowest BCUT2D eigenvalue weighted by Gasteiger charge is -2.27. The molecule has 1 fully saturated rings. The predicted molar refractivity (Wildman–Crippen MR) is 141 cm³/mol. The quantitative estimate of drug-likeness (QED) is 0.246. The maximum Gasteiger partial charge on any atom is 0.227 e. The molecule has 1 aromatic heterocycles. The van der Waals surface area contributed by atoms with Gasteiger partial charge in [-0.25, -0.2) is 9.07 Å². The van der Waals surface area contributed by atoms with Crippen LogP contribution in [0.2, 0.25) is 0 Å². The summed E-state index contributed by atoms with van der Waals surface area (Å²) >= 11 is 0. The first-order chi connectivity index (χ1) is 18.1. The van der Waals surface area contributed by atoms with E-state index in [2.05, 4.69) is 18.4 Å². The standard InChI is InChI=1S/C29H36FN3O4/c1-3-16-35-21-24(34)18-32(19-26-11-8-17-36-26)20-27-28(4-2)31-33(23-9-6-5-7-10-23)29(27)37-25-14-12-22(30)13-15-25/h3,5-7,9-10,12-15,24,26,34H,1,4,8,11,16-21H2,2H3/t24-,26+/m0/s1. The second kappa shape index (κ2) is 13.5. The molecule has 0 saturated carbocycles. The van der Waals surface area contributed by atoms with Crippen LogP contribution in [0.25, 0.3) is 5.69 Å². The van der Waals surface area contributed by atoms with E-state index in [0.717, 1.165) is 36.4 Å². The number of halogens is 1. The first-order valence-electron chi connectivity index (χ1n) is 12.9. The summed E-state index contributed by atoms with van der Waals surface area (Å²) in [7, 11) is 0. The molecule has 7 nitrogen and oxygen atoms in total. The average Bonchev–Trinajstić information content (AvgIpc) is 3.54. The number of aliphatic hydroxyl groups excluding tert-OH is 1. The summed E-state index contributed by atoms with van der Waals surface area (Å²) in [5.74, 6) is 0.768. The fraction of sp³-hybridized carbons (Fsp3) is 0.414. The van der Waals surface area contributed by atoms with Crippen LogP contribution in [0, 0.1) is 5.82 Å². The fourth-order valence-electron chi connectivity index (χ4n) is 4.53. The number of aromatic nitrogens is 2. The van der Waals surface area contributed by atoms with Crippen molar-refractivity contribution < 1.29 is 23.7 Å². The zero-order valence-corrected chi connectivity index (χ0v) is 21.4. The summed E-state index contributed by atoms with van der Waals surface area (Å²) in [6.07, 6.45) is 3.83. The Hall–Kier alpha value is -3.04. The minimum Gasteiger partial charge on any atom is -0.439 e. The minimum absolute atomic E-state index is 0.108. The summed E-state index contributed by atoms with van der Waals surface area (Å²) in [5, 5.41) is 15.6. The summed E-state index contributed by atoms with van der Waals surface area (Å²) in [5.41, 5.74) is 2.69. The SMILES string of the molecule is C=CCOC[C@@H](O)CN(Cc1c(CC)nn(-c2ccccc2)c1Oc1ccc(F)cc1)C[C@H]1CCCO1. The number of aryl methyl sites for hydroxylation is 1. The number of rotatable bonds is 14. The van der Waals surface area contributed by atoms with Gasteiger partial charge in [-0.2, -0.15) is 5.10 Å². The highest BCUT2D eigenvalue weighted by Crippen LogP contribution is 2.32. The Balaban J connectivity index is 1.67. The molecule has 37 heavy (non-hydrogen) atoms. The van der Waals surface area contributed by atoms with Crippen molar-refractivity contribution in [3.05, 3.63) is 84.3 Å². The Morgan fingerprint density at radius 2 is 2.03 bits per heavy atom. The third-order valence-corrected chi connectivity index (χ3v) is 6.27. The Kier molecular flexibility index (Phi) is 9.85. The first kappa shape index (κ1) is 27.0. The number of para-hydroxylation sites is 1. The van der Waals surface area contributed by atoms with Gasteiger partial charge in [0.05, 0.1) is 42.4 Å². The lowest BCUT2D eigenvalue weighted by molar-refractivity contribution is 0.00835. The van der Waals surface area contributed by atoms with Crippen molar-refractivity contribution in [1.29, 1.82) is 0 Å². The van der Waals surface area contributed by atoms with Crippen molar-refractivity contribution in [2.45, 2.75) is 44.9 Å². The molecular formula is C29H36FN3O4. The molecule has 0 radical (unpaired) electrons. The number of nitrogens with zero attached hydrogens (tertiary/aromatic N) is 3. The van der Waals surface area contributed by atoms with Crippen LogP contribution < -0.4 is 4.74 Å². The van der Waals surface area contributed by atoms with E-state index in [1.165, 1.54) is 12.1 Å². The second-order valence-corrected chi connectivity index (χ2v) is 9.20. The van der Waals surface area contributed by atoms with Gasteiger partial charge < -0.3 is 19.3 Å². The van der Waals surface area contributed by atoms with Crippen LogP contribution in [-0.4, -0.2) is 64.9 Å². The molecule has 8 heteroatoms. The van der Waals surface area contributed by atoms with Crippen molar-refractivity contribution in [2.24, 2.45) is 0 Å². The van der Waals surface area contributed by atoms with Gasteiger partial charge in [0, 0.05) is 26.2 Å². The Labute approximate surface area is 218 Å². The van der Waals surface area contributed by atoms with Gasteiger partial charge in [-0.1, -0.05) is 31.2 Å². The van der Waals surface area contributed by atoms with Gasteiger partial charge in [0.25, 0.3) is 0 Å². The summed E-state index contributed by atoms with van der Waals surface area (Å²) in [6.45, 7) is 8.68. The molecule has 0 aliphatic carbocycles. The molecule has 2 heterocycles. The van der Waals surface area contributed by atoms with Crippen LogP contribution in [0.1, 0.15) is 31.0 Å². The van der Waals surface area contributed by atoms with E-state index in [9.17, 15) is 9.50 Å². The number of hydrogen-bond donors (Lipinski definition) is 1. The van der Waals surface area contributed by atoms with Crippen molar-refractivity contribution in [2.75, 3.05) is 32.9 Å². The van der Waals surface area contributed by atoms with Crippen molar-refractivity contribution in [1.82, 2.24) is 14.7 Å². The van der Waals surface area contributed by atoms with Crippen LogP contribution in [0.4, 0.5) is 4.39 Å². The van der Waals surface area contributed by atoms with Gasteiger partial charge in [-0.3, -0.25) is 4.90 Å². The molecule has 198 valence electrons. The topological polar surface area (TPSA) is 69.0 Å². The van der Waals surface area contributed by atoms with Crippen LogP contribution in [0.15, 0.2) is 67.3 Å². The normalized spacial score (nSPS) is 16.3. The molecular weight excluding hydrogens is 473 g/mol. The van der Waals surface area contributed by atoms with Gasteiger partial charge in [-0.05, 0) is 55.7 Å². The molecule has 2 atom stereocenters. The van der Waals surface area contributed by atoms with Crippen molar-refractivity contribution in [3.8, 4) is 17.3 Å². The Morgan fingerprint density at radius 3 is 2.70 bits per heavy atom. The molecule has 2 aromatic carbocycles. The number of benzene rings is 2. The molecule has 4 rings (SSSR count). The predicted octanol–water partition coefficient (Wildman–Crippen LogP) is 4.91. The van der Waals surface area contributed by atoms with Gasteiger partial charge in [-0.15, -0.1) is 6.58 Å². The average molecular weight is 510 g/mol. The summed E-state index contributed by atoms with van der Waals surface area (Å²) in [6, 6.07) is 15.8. The molecule has 0 amide bonds. The third-order valence-electron chi connectivity index (χ3n) is 6.27. The van der Waals surface area contributed by atoms with Crippen LogP contribution in [0.3, 0.4) is 0 Å². The summed E-state index contributed by atoms with van der Waals surface area (Å²) < 4.78 is 33.1. The Morgan fingerprint density at radius 1 is 1.24 bits per heavy atom. The van der Waals surface area contributed by atoms with E-state index in [1.807, 2.05) is 30.3 Å². The van der Waals surface area contributed by atoms with Crippen molar-refractivity contribution >= 4 is 0 Å². The molecule has 0 bridgehead atoms. The van der Waals surface area contributed by atoms with Gasteiger partial charge in [0.2, 0.25) is 5.88 Å². The Bertz CT molecular complexity index is 1110. The molecule has 1 aliphatic rings. The molecule has 1 saturated heterocycles. The fourth-order valence-corrected chi connectivity index (χ4v) is 4.53. The van der Waals surface area contributed by atoms with Crippen LogP contribution in [-0.2, 0) is 22.4 Å².